The normalized spacial score (nSPS) is 22.6. The fraction of sp³-hybridized carbons (Fsp3) is 0.633. The lowest BCUT2D eigenvalue weighted by Crippen LogP contribution is -2.58. The van der Waals surface area contributed by atoms with Crippen molar-refractivity contribution in [2.24, 2.45) is 4.99 Å². The monoisotopic (exact) mass is 582 g/mol. The van der Waals surface area contributed by atoms with E-state index in [4.69, 9.17) is 9.73 Å². The Morgan fingerprint density at radius 1 is 1.15 bits per heavy atom. The quantitative estimate of drug-likeness (QED) is 0.540. The van der Waals surface area contributed by atoms with Crippen LogP contribution in [0.3, 0.4) is 0 Å². The maximum absolute atomic E-state index is 13.9. The molecule has 41 heavy (non-hydrogen) atoms. The first kappa shape index (κ1) is 29.4. The summed E-state index contributed by atoms with van der Waals surface area (Å²) in [5.74, 6) is 0.830. The van der Waals surface area contributed by atoms with Crippen LogP contribution in [0.2, 0.25) is 0 Å². The summed E-state index contributed by atoms with van der Waals surface area (Å²) >= 11 is 1.29. The molecule has 0 aromatic carbocycles. The maximum Gasteiger partial charge on any atom is 0.412 e. The molecule has 3 amide bonds. The molecular weight excluding hydrogens is 540 g/mol. The third kappa shape index (κ3) is 5.83. The number of anilines is 1. The van der Waals surface area contributed by atoms with Gasteiger partial charge in [0.05, 0.1) is 5.56 Å². The van der Waals surface area contributed by atoms with E-state index in [1.165, 1.54) is 11.3 Å². The molecule has 0 aliphatic carbocycles. The number of pyridine rings is 1. The number of carbonyl (C=O) groups is 3. The number of thiophene rings is 1. The number of hydrogen-bond acceptors (Lipinski definition) is 8. The van der Waals surface area contributed by atoms with Crippen LogP contribution in [0.4, 0.5) is 9.80 Å². The molecule has 2 aromatic rings. The predicted octanol–water partition coefficient (Wildman–Crippen LogP) is 5.06. The third-order valence-electron chi connectivity index (χ3n) is 8.15. The molecule has 10 nitrogen and oxygen atoms in total. The summed E-state index contributed by atoms with van der Waals surface area (Å²) < 4.78 is 5.47. The van der Waals surface area contributed by atoms with Crippen molar-refractivity contribution in [2.75, 3.05) is 31.5 Å². The number of likely N-dealkylation sites (tertiary alicyclic amines) is 2. The molecule has 222 valence electrons. The van der Waals surface area contributed by atoms with Crippen LogP contribution in [0, 0.1) is 6.92 Å². The van der Waals surface area contributed by atoms with Gasteiger partial charge in [-0.3, -0.25) is 29.7 Å². The molecule has 0 bridgehead atoms. The van der Waals surface area contributed by atoms with E-state index in [1.54, 1.807) is 20.8 Å². The summed E-state index contributed by atoms with van der Waals surface area (Å²) in [4.78, 5) is 56.4. The van der Waals surface area contributed by atoms with Crippen LogP contribution in [-0.2, 0) is 9.53 Å². The first-order valence-corrected chi connectivity index (χ1v) is 15.4. The number of amidine groups is 1. The van der Waals surface area contributed by atoms with Crippen LogP contribution in [0.15, 0.2) is 17.1 Å². The van der Waals surface area contributed by atoms with Crippen molar-refractivity contribution in [3.63, 3.8) is 0 Å². The molecule has 3 aliphatic heterocycles. The second-order valence-corrected chi connectivity index (χ2v) is 13.8. The van der Waals surface area contributed by atoms with Crippen LogP contribution in [0.5, 0.6) is 0 Å². The van der Waals surface area contributed by atoms with Gasteiger partial charge >= 0.3 is 6.09 Å². The highest BCUT2D eigenvalue weighted by Crippen LogP contribution is 2.38. The van der Waals surface area contributed by atoms with E-state index in [-0.39, 0.29) is 23.9 Å². The molecule has 1 unspecified atom stereocenters. The number of ether oxygens (including phenoxy) is 1. The molecule has 5 heterocycles. The van der Waals surface area contributed by atoms with E-state index in [9.17, 15) is 14.4 Å². The zero-order valence-electron chi connectivity index (χ0n) is 25.2. The minimum Gasteiger partial charge on any atom is -0.444 e. The summed E-state index contributed by atoms with van der Waals surface area (Å²) in [6.07, 6.45) is 2.76. The number of fused-ring (bicyclic) bond motifs is 1. The van der Waals surface area contributed by atoms with Gasteiger partial charge in [-0.2, -0.15) is 0 Å². The Bertz CT molecular complexity index is 1390. The van der Waals surface area contributed by atoms with Crippen molar-refractivity contribution in [3.05, 3.63) is 23.4 Å². The van der Waals surface area contributed by atoms with Gasteiger partial charge in [-0.1, -0.05) is 11.3 Å². The Morgan fingerprint density at radius 2 is 1.85 bits per heavy atom. The Morgan fingerprint density at radius 3 is 2.49 bits per heavy atom. The Labute approximate surface area is 246 Å². The van der Waals surface area contributed by atoms with Crippen molar-refractivity contribution in [3.8, 4) is 0 Å². The van der Waals surface area contributed by atoms with E-state index in [1.807, 2.05) is 49.6 Å². The number of rotatable bonds is 4. The molecular formula is C30H42N6O4S. The second-order valence-electron chi connectivity index (χ2n) is 12.8. The number of nitrogens with one attached hydrogen (secondary N) is 1. The maximum atomic E-state index is 13.9. The Balaban J connectivity index is 1.30. The van der Waals surface area contributed by atoms with Crippen LogP contribution in [0.25, 0.3) is 10.2 Å². The van der Waals surface area contributed by atoms with E-state index < -0.39 is 17.2 Å². The summed E-state index contributed by atoms with van der Waals surface area (Å²) in [6.45, 7) is 16.1. The predicted molar refractivity (Wildman–Crippen MR) is 162 cm³/mol. The Kier molecular flexibility index (Phi) is 7.88. The van der Waals surface area contributed by atoms with Gasteiger partial charge in [0.15, 0.2) is 5.54 Å². The SMILES string of the molecule is CC1=NC2(CCCN(C3CCN(C(=O)c4c(NC(=O)OC(C)(C)C)sc5nc(C)ccc45)CC3)C2)C(=O)N1C(C)C. The number of hydrogen-bond donors (Lipinski definition) is 1. The van der Waals surface area contributed by atoms with Crippen molar-refractivity contribution in [1.82, 2.24) is 19.7 Å². The molecule has 3 aliphatic rings. The fourth-order valence-electron chi connectivity index (χ4n) is 6.40. The van der Waals surface area contributed by atoms with Gasteiger partial charge in [-0.25, -0.2) is 9.78 Å². The number of nitrogens with zero attached hydrogens (tertiary/aromatic N) is 5. The molecule has 1 spiro atoms. The van der Waals surface area contributed by atoms with Crippen LogP contribution in [-0.4, -0.2) is 92.8 Å². The third-order valence-corrected chi connectivity index (χ3v) is 9.16. The van der Waals surface area contributed by atoms with Gasteiger partial charge < -0.3 is 9.64 Å². The number of aromatic nitrogens is 1. The molecule has 0 saturated carbocycles. The average molecular weight is 583 g/mol. The lowest BCUT2D eigenvalue weighted by molar-refractivity contribution is -0.134. The topological polar surface area (TPSA) is 107 Å². The van der Waals surface area contributed by atoms with Crippen LogP contribution in [0.1, 0.15) is 83.3 Å². The van der Waals surface area contributed by atoms with Gasteiger partial charge in [0.1, 0.15) is 21.3 Å². The lowest BCUT2D eigenvalue weighted by Gasteiger charge is -2.44. The first-order valence-electron chi connectivity index (χ1n) is 14.6. The number of aliphatic imine (C=N–C) groups is 1. The van der Waals surface area contributed by atoms with Crippen molar-refractivity contribution in [1.29, 1.82) is 0 Å². The number of aryl methyl sites for hydroxylation is 1. The molecule has 11 heteroatoms. The molecule has 1 N–H and O–H groups in total. The van der Waals surface area contributed by atoms with Crippen LogP contribution < -0.4 is 5.32 Å². The van der Waals surface area contributed by atoms with E-state index in [0.29, 0.717) is 35.0 Å². The van der Waals surface area contributed by atoms with Gasteiger partial charge in [-0.05, 0) is 92.8 Å². The van der Waals surface area contributed by atoms with E-state index in [2.05, 4.69) is 15.2 Å². The summed E-state index contributed by atoms with van der Waals surface area (Å²) in [6, 6.07) is 4.17. The molecule has 1 atom stereocenters. The summed E-state index contributed by atoms with van der Waals surface area (Å²) in [7, 11) is 0. The standard InChI is InChI=1S/C30H42N6O4S/c1-18(2)36-20(4)33-30(27(36)38)13-8-14-35(17-30)21-11-15-34(16-12-21)26(37)23-22-10-9-19(3)31-24(22)41-25(23)32-28(39)40-29(5,6)7/h9-10,18,21H,8,11-17H2,1-7H3,(H,32,39). The minimum atomic E-state index is -0.678. The highest BCUT2D eigenvalue weighted by Gasteiger charge is 2.51. The number of amides is 3. The molecule has 2 saturated heterocycles. The first-order chi connectivity index (χ1) is 19.3. The summed E-state index contributed by atoms with van der Waals surface area (Å²) in [5, 5.41) is 4.01. The Hall–Kier alpha value is -3.05. The highest BCUT2D eigenvalue weighted by atomic mass is 32.1. The molecule has 5 rings (SSSR count). The fourth-order valence-corrected chi connectivity index (χ4v) is 7.49. The van der Waals surface area contributed by atoms with Crippen molar-refractivity contribution >= 4 is 50.3 Å². The largest absolute Gasteiger partial charge is 0.444 e. The van der Waals surface area contributed by atoms with Gasteiger partial charge in [0, 0.05) is 42.8 Å². The number of piperidine rings is 2. The molecule has 2 aromatic heterocycles. The van der Waals surface area contributed by atoms with Gasteiger partial charge in [0.25, 0.3) is 11.8 Å². The average Bonchev–Trinajstić information content (AvgIpc) is 3.34. The van der Waals surface area contributed by atoms with E-state index >= 15 is 0 Å². The number of carbonyl (C=O) groups excluding carboxylic acids is 3. The van der Waals surface area contributed by atoms with E-state index in [0.717, 1.165) is 49.1 Å². The minimum absolute atomic E-state index is 0.0947. The van der Waals surface area contributed by atoms with Gasteiger partial charge in [-0.15, -0.1) is 0 Å². The zero-order chi connectivity index (χ0) is 29.7. The molecule has 2 fully saturated rings. The highest BCUT2D eigenvalue weighted by molar-refractivity contribution is 7.23. The smallest absolute Gasteiger partial charge is 0.412 e. The van der Waals surface area contributed by atoms with Crippen molar-refractivity contribution in [2.45, 2.75) is 97.4 Å². The van der Waals surface area contributed by atoms with Crippen molar-refractivity contribution < 1.29 is 19.1 Å². The van der Waals surface area contributed by atoms with Crippen LogP contribution >= 0.6 is 11.3 Å². The lowest BCUT2D eigenvalue weighted by atomic mass is 9.87. The summed E-state index contributed by atoms with van der Waals surface area (Å²) in [5.41, 5.74) is -0.0236. The van der Waals surface area contributed by atoms with Gasteiger partial charge in [0.2, 0.25) is 0 Å². The molecule has 0 radical (unpaired) electrons. The second kappa shape index (κ2) is 11.0. The zero-order valence-corrected chi connectivity index (χ0v) is 26.1.